The van der Waals surface area contributed by atoms with Crippen LogP contribution in [-0.4, -0.2) is 12.1 Å². The van der Waals surface area contributed by atoms with Crippen LogP contribution in [-0.2, 0) is 4.79 Å². The fourth-order valence-corrected chi connectivity index (χ4v) is 2.73. The standard InChI is InChI=1S/C14H15BrO2/c1-2-3-11-12(8-16)13(11)14(17)9-4-6-10(15)7-5-9/h4-8,11-13H,2-3H2,1H3/t11-,12-,13?/m1/s1. The second-order valence-electron chi connectivity index (χ2n) is 4.56. The summed E-state index contributed by atoms with van der Waals surface area (Å²) >= 11 is 3.34. The van der Waals surface area contributed by atoms with Crippen molar-refractivity contribution in [1.82, 2.24) is 0 Å². The van der Waals surface area contributed by atoms with Gasteiger partial charge in [-0.2, -0.15) is 0 Å². The monoisotopic (exact) mass is 294 g/mol. The molecule has 0 aliphatic heterocycles. The van der Waals surface area contributed by atoms with Crippen molar-refractivity contribution in [2.24, 2.45) is 17.8 Å². The summed E-state index contributed by atoms with van der Waals surface area (Å²) in [5, 5.41) is 0. The van der Waals surface area contributed by atoms with E-state index in [0.29, 0.717) is 5.56 Å². The van der Waals surface area contributed by atoms with Crippen molar-refractivity contribution in [2.75, 3.05) is 0 Å². The van der Waals surface area contributed by atoms with E-state index >= 15 is 0 Å². The van der Waals surface area contributed by atoms with Crippen LogP contribution in [0.4, 0.5) is 0 Å². The first-order valence-corrected chi connectivity index (χ1v) is 6.73. The molecule has 3 heteroatoms. The summed E-state index contributed by atoms with van der Waals surface area (Å²) in [5.41, 5.74) is 0.712. The minimum absolute atomic E-state index is 0.0499. The Morgan fingerprint density at radius 2 is 2.00 bits per heavy atom. The maximum Gasteiger partial charge on any atom is 0.166 e. The number of ketones is 1. The largest absolute Gasteiger partial charge is 0.303 e. The number of aldehydes is 1. The molecule has 1 unspecified atom stereocenters. The third-order valence-electron chi connectivity index (χ3n) is 3.44. The predicted octanol–water partition coefficient (Wildman–Crippen LogP) is 3.49. The van der Waals surface area contributed by atoms with Gasteiger partial charge in [0.1, 0.15) is 6.29 Å². The molecule has 0 spiro atoms. The van der Waals surface area contributed by atoms with E-state index in [2.05, 4.69) is 22.9 Å². The Morgan fingerprint density at radius 1 is 1.35 bits per heavy atom. The quantitative estimate of drug-likeness (QED) is 0.615. The van der Waals surface area contributed by atoms with Crippen LogP contribution in [0.5, 0.6) is 0 Å². The summed E-state index contributed by atoms with van der Waals surface area (Å²) in [4.78, 5) is 23.1. The maximum atomic E-state index is 12.2. The Hall–Kier alpha value is -0.960. The zero-order valence-electron chi connectivity index (χ0n) is 9.73. The highest BCUT2D eigenvalue weighted by Gasteiger charge is 2.53. The summed E-state index contributed by atoms with van der Waals surface area (Å²) < 4.78 is 0.960. The molecule has 90 valence electrons. The number of Topliss-reactive ketones (excluding diaryl/α,β-unsaturated/α-hetero) is 1. The molecule has 3 atom stereocenters. The fourth-order valence-electron chi connectivity index (χ4n) is 2.47. The Bertz CT molecular complexity index is 424. The zero-order valence-corrected chi connectivity index (χ0v) is 11.3. The molecule has 0 heterocycles. The predicted molar refractivity (Wildman–Crippen MR) is 69.9 cm³/mol. The van der Waals surface area contributed by atoms with Crippen molar-refractivity contribution in [2.45, 2.75) is 19.8 Å². The molecule has 0 saturated heterocycles. The van der Waals surface area contributed by atoms with Gasteiger partial charge < -0.3 is 4.79 Å². The van der Waals surface area contributed by atoms with Gasteiger partial charge in [0.2, 0.25) is 0 Å². The molecule has 1 saturated carbocycles. The highest BCUT2D eigenvalue weighted by Crippen LogP contribution is 2.49. The van der Waals surface area contributed by atoms with Gasteiger partial charge in [-0.25, -0.2) is 0 Å². The normalized spacial score (nSPS) is 26.6. The van der Waals surface area contributed by atoms with E-state index in [9.17, 15) is 9.59 Å². The van der Waals surface area contributed by atoms with Gasteiger partial charge in [-0.15, -0.1) is 0 Å². The topological polar surface area (TPSA) is 34.1 Å². The van der Waals surface area contributed by atoms with Crippen molar-refractivity contribution in [1.29, 1.82) is 0 Å². The molecule has 0 radical (unpaired) electrons. The minimum Gasteiger partial charge on any atom is -0.303 e. The Morgan fingerprint density at radius 3 is 2.53 bits per heavy atom. The van der Waals surface area contributed by atoms with Crippen molar-refractivity contribution >= 4 is 28.0 Å². The lowest BCUT2D eigenvalue weighted by Crippen LogP contribution is -2.04. The molecule has 1 aliphatic carbocycles. The van der Waals surface area contributed by atoms with E-state index in [1.807, 2.05) is 24.3 Å². The van der Waals surface area contributed by atoms with Gasteiger partial charge in [0.05, 0.1) is 0 Å². The number of carbonyl (C=O) groups excluding carboxylic acids is 2. The van der Waals surface area contributed by atoms with E-state index in [1.54, 1.807) is 0 Å². The molecule has 0 bridgehead atoms. The van der Waals surface area contributed by atoms with Crippen LogP contribution in [0, 0.1) is 17.8 Å². The molecule has 1 aliphatic rings. The van der Waals surface area contributed by atoms with Crippen LogP contribution in [0.1, 0.15) is 30.1 Å². The first-order valence-electron chi connectivity index (χ1n) is 5.94. The molecule has 1 aromatic carbocycles. The average molecular weight is 295 g/mol. The molecule has 0 N–H and O–H groups in total. The van der Waals surface area contributed by atoms with Crippen molar-refractivity contribution in [3.8, 4) is 0 Å². The van der Waals surface area contributed by atoms with Crippen molar-refractivity contribution in [3.05, 3.63) is 34.3 Å². The first kappa shape index (κ1) is 12.5. The fraction of sp³-hybridized carbons (Fsp3) is 0.429. The van der Waals surface area contributed by atoms with Gasteiger partial charge in [-0.1, -0.05) is 41.4 Å². The summed E-state index contributed by atoms with van der Waals surface area (Å²) in [6, 6.07) is 7.35. The lowest BCUT2D eigenvalue weighted by molar-refractivity contribution is -0.109. The number of hydrogen-bond acceptors (Lipinski definition) is 2. The van der Waals surface area contributed by atoms with Gasteiger partial charge in [0, 0.05) is 21.9 Å². The number of hydrogen-bond donors (Lipinski definition) is 0. The van der Waals surface area contributed by atoms with Gasteiger partial charge in [0.25, 0.3) is 0 Å². The van der Waals surface area contributed by atoms with Crippen LogP contribution in [0.25, 0.3) is 0 Å². The van der Waals surface area contributed by atoms with Gasteiger partial charge in [-0.3, -0.25) is 4.79 Å². The SMILES string of the molecule is CCC[C@H]1C(C(=O)c2ccc(Br)cc2)[C@@H]1C=O. The third-order valence-corrected chi connectivity index (χ3v) is 3.97. The molecule has 1 fully saturated rings. The zero-order chi connectivity index (χ0) is 12.4. The van der Waals surface area contributed by atoms with Crippen molar-refractivity contribution < 1.29 is 9.59 Å². The molecular formula is C14H15BrO2. The van der Waals surface area contributed by atoms with E-state index in [1.165, 1.54) is 0 Å². The lowest BCUT2D eigenvalue weighted by Gasteiger charge is -2.00. The van der Waals surface area contributed by atoms with E-state index < -0.39 is 0 Å². The number of carbonyl (C=O) groups is 2. The number of halogens is 1. The molecule has 0 aromatic heterocycles. The minimum atomic E-state index is -0.0753. The number of benzene rings is 1. The Labute approximate surface area is 110 Å². The summed E-state index contributed by atoms with van der Waals surface area (Å²) in [7, 11) is 0. The maximum absolute atomic E-state index is 12.2. The average Bonchev–Trinajstić information content (AvgIpc) is 3.03. The van der Waals surface area contributed by atoms with Crippen LogP contribution in [0.3, 0.4) is 0 Å². The molecule has 0 amide bonds. The second kappa shape index (κ2) is 5.13. The third kappa shape index (κ3) is 2.49. The van der Waals surface area contributed by atoms with E-state index in [-0.39, 0.29) is 23.5 Å². The van der Waals surface area contributed by atoms with Crippen LogP contribution < -0.4 is 0 Å². The van der Waals surface area contributed by atoms with Gasteiger partial charge >= 0.3 is 0 Å². The summed E-state index contributed by atoms with van der Waals surface area (Å²) in [5.74, 6) is 0.265. The molecular weight excluding hydrogens is 280 g/mol. The second-order valence-corrected chi connectivity index (χ2v) is 5.48. The van der Waals surface area contributed by atoms with Crippen LogP contribution in [0.2, 0.25) is 0 Å². The molecule has 1 aromatic rings. The number of rotatable bonds is 5. The van der Waals surface area contributed by atoms with Crippen LogP contribution in [0.15, 0.2) is 28.7 Å². The van der Waals surface area contributed by atoms with Gasteiger partial charge in [0.15, 0.2) is 5.78 Å². The van der Waals surface area contributed by atoms with E-state index in [0.717, 1.165) is 23.6 Å². The van der Waals surface area contributed by atoms with Crippen LogP contribution >= 0.6 is 15.9 Å². The highest BCUT2D eigenvalue weighted by atomic mass is 79.9. The lowest BCUT2D eigenvalue weighted by atomic mass is 10.0. The first-order chi connectivity index (χ1) is 8.19. The van der Waals surface area contributed by atoms with Crippen molar-refractivity contribution in [3.63, 3.8) is 0 Å². The molecule has 2 rings (SSSR count). The Balaban J connectivity index is 2.11. The Kier molecular flexibility index (Phi) is 3.77. The van der Waals surface area contributed by atoms with E-state index in [4.69, 9.17) is 0 Å². The van der Waals surface area contributed by atoms with Gasteiger partial charge in [-0.05, 0) is 24.5 Å². The molecule has 17 heavy (non-hydrogen) atoms. The smallest absolute Gasteiger partial charge is 0.166 e. The highest BCUT2D eigenvalue weighted by molar-refractivity contribution is 9.10. The summed E-state index contributed by atoms with van der Waals surface area (Å²) in [6.07, 6.45) is 2.94. The summed E-state index contributed by atoms with van der Waals surface area (Å²) in [6.45, 7) is 2.08. The molecule has 2 nitrogen and oxygen atoms in total.